The number of methoxy groups -OCH3 is 1. The van der Waals surface area contributed by atoms with Gasteiger partial charge < -0.3 is 15.2 Å². The van der Waals surface area contributed by atoms with E-state index < -0.39 is 5.82 Å². The van der Waals surface area contributed by atoms with Gasteiger partial charge in [0.2, 0.25) is 0 Å². The van der Waals surface area contributed by atoms with Crippen molar-refractivity contribution < 1.29 is 13.9 Å². The van der Waals surface area contributed by atoms with E-state index in [1.807, 2.05) is 6.07 Å². The minimum Gasteiger partial charge on any atom is -0.493 e. The third-order valence-electron chi connectivity index (χ3n) is 2.99. The summed E-state index contributed by atoms with van der Waals surface area (Å²) in [7, 11) is 1.46. The summed E-state index contributed by atoms with van der Waals surface area (Å²) in [5.41, 5.74) is 6.82. The first-order valence-electron chi connectivity index (χ1n) is 6.36. The summed E-state index contributed by atoms with van der Waals surface area (Å²) in [6, 6.07) is 10.9. The molecule has 0 aliphatic heterocycles. The summed E-state index contributed by atoms with van der Waals surface area (Å²) in [4.78, 5) is 0. The van der Waals surface area contributed by atoms with Gasteiger partial charge in [-0.05, 0) is 25.1 Å². The summed E-state index contributed by atoms with van der Waals surface area (Å²) >= 11 is 0. The van der Waals surface area contributed by atoms with E-state index in [4.69, 9.17) is 20.5 Å². The van der Waals surface area contributed by atoms with E-state index in [2.05, 4.69) is 0 Å². The fourth-order valence-electron chi connectivity index (χ4n) is 1.92. The molecule has 0 amide bonds. The van der Waals surface area contributed by atoms with Crippen molar-refractivity contribution >= 4 is 0 Å². The average Bonchev–Trinajstić information content (AvgIpc) is 2.49. The predicted octanol–water partition coefficient (Wildman–Crippen LogP) is 3.52. The normalized spacial score (nSPS) is 11.6. The molecule has 0 aromatic heterocycles. The number of ether oxygens (including phenoxy) is 2. The quantitative estimate of drug-likeness (QED) is 0.933. The van der Waals surface area contributed by atoms with Gasteiger partial charge in [-0.3, -0.25) is 0 Å². The molecule has 5 heteroatoms. The number of halogens is 1. The van der Waals surface area contributed by atoms with E-state index in [0.717, 1.165) is 0 Å². The summed E-state index contributed by atoms with van der Waals surface area (Å²) in [5.74, 6) is 0.239. The van der Waals surface area contributed by atoms with Gasteiger partial charge in [-0.15, -0.1) is 0 Å². The lowest BCUT2D eigenvalue weighted by Gasteiger charge is -2.16. The molecule has 1 atom stereocenters. The molecule has 2 N–H and O–H groups in total. The highest BCUT2D eigenvalue weighted by molar-refractivity contribution is 5.50. The SMILES string of the molecule is COc1cc(C#N)ccc1Oc1c(F)cccc1C(C)N. The molecule has 0 spiro atoms. The van der Waals surface area contributed by atoms with Crippen LogP contribution in [0.3, 0.4) is 0 Å². The number of nitriles is 1. The van der Waals surface area contributed by atoms with Crippen molar-refractivity contribution in [1.29, 1.82) is 5.26 Å². The molecule has 0 saturated heterocycles. The first-order valence-corrected chi connectivity index (χ1v) is 6.36. The standard InChI is InChI=1S/C16H15FN2O2/c1-10(19)12-4-3-5-13(17)16(12)21-14-7-6-11(9-18)8-15(14)20-2/h3-8,10H,19H2,1-2H3. The molecule has 0 aliphatic rings. The molecule has 0 bridgehead atoms. The van der Waals surface area contributed by atoms with Crippen molar-refractivity contribution in [2.75, 3.05) is 7.11 Å². The van der Waals surface area contributed by atoms with Gasteiger partial charge in [0.15, 0.2) is 23.1 Å². The Bertz CT molecular complexity index is 693. The second-order valence-electron chi connectivity index (χ2n) is 4.53. The second-order valence-corrected chi connectivity index (χ2v) is 4.53. The fourth-order valence-corrected chi connectivity index (χ4v) is 1.92. The lowest BCUT2D eigenvalue weighted by molar-refractivity contribution is 0.368. The van der Waals surface area contributed by atoms with E-state index >= 15 is 0 Å². The Morgan fingerprint density at radius 3 is 2.62 bits per heavy atom. The lowest BCUT2D eigenvalue weighted by atomic mass is 10.1. The van der Waals surface area contributed by atoms with Crippen LogP contribution in [0.25, 0.3) is 0 Å². The lowest BCUT2D eigenvalue weighted by Crippen LogP contribution is -2.08. The second kappa shape index (κ2) is 6.25. The third-order valence-corrected chi connectivity index (χ3v) is 2.99. The third kappa shape index (κ3) is 3.12. The van der Waals surface area contributed by atoms with Gasteiger partial charge in [0.05, 0.1) is 18.7 Å². The predicted molar refractivity (Wildman–Crippen MR) is 76.8 cm³/mol. The Labute approximate surface area is 122 Å². The van der Waals surface area contributed by atoms with Gasteiger partial charge in [-0.25, -0.2) is 4.39 Å². The Kier molecular flexibility index (Phi) is 4.41. The highest BCUT2D eigenvalue weighted by Crippen LogP contribution is 2.36. The van der Waals surface area contributed by atoms with Gasteiger partial charge in [-0.1, -0.05) is 12.1 Å². The van der Waals surface area contributed by atoms with Gasteiger partial charge in [0.1, 0.15) is 0 Å². The first kappa shape index (κ1) is 14.8. The van der Waals surface area contributed by atoms with Crippen LogP contribution in [0.5, 0.6) is 17.2 Å². The molecular weight excluding hydrogens is 271 g/mol. The number of hydrogen-bond donors (Lipinski definition) is 1. The van der Waals surface area contributed by atoms with Crippen molar-refractivity contribution in [2.24, 2.45) is 5.73 Å². The van der Waals surface area contributed by atoms with Crippen LogP contribution in [0.15, 0.2) is 36.4 Å². The molecule has 2 aromatic carbocycles. The fraction of sp³-hybridized carbons (Fsp3) is 0.188. The molecule has 108 valence electrons. The van der Waals surface area contributed by atoms with Crippen molar-refractivity contribution in [3.63, 3.8) is 0 Å². The van der Waals surface area contributed by atoms with Gasteiger partial charge in [0.25, 0.3) is 0 Å². The summed E-state index contributed by atoms with van der Waals surface area (Å²) in [6.07, 6.45) is 0. The average molecular weight is 286 g/mol. The highest BCUT2D eigenvalue weighted by atomic mass is 19.1. The van der Waals surface area contributed by atoms with E-state index in [1.165, 1.54) is 19.2 Å². The van der Waals surface area contributed by atoms with Crippen molar-refractivity contribution in [1.82, 2.24) is 0 Å². The molecule has 4 nitrogen and oxygen atoms in total. The van der Waals surface area contributed by atoms with Crippen molar-refractivity contribution in [3.05, 3.63) is 53.3 Å². The first-order chi connectivity index (χ1) is 10.1. The molecule has 0 saturated carbocycles. The zero-order valence-corrected chi connectivity index (χ0v) is 11.8. The Morgan fingerprint density at radius 2 is 2.00 bits per heavy atom. The van der Waals surface area contributed by atoms with Crippen LogP contribution < -0.4 is 15.2 Å². The van der Waals surface area contributed by atoms with Crippen molar-refractivity contribution in [2.45, 2.75) is 13.0 Å². The van der Waals surface area contributed by atoms with Crippen LogP contribution in [0.4, 0.5) is 4.39 Å². The number of nitrogens with two attached hydrogens (primary N) is 1. The molecule has 0 heterocycles. The molecule has 2 rings (SSSR count). The number of rotatable bonds is 4. The number of para-hydroxylation sites is 1. The van der Waals surface area contributed by atoms with Crippen molar-refractivity contribution in [3.8, 4) is 23.3 Å². The summed E-state index contributed by atoms with van der Waals surface area (Å²) in [6.45, 7) is 1.75. The molecule has 0 aliphatic carbocycles. The Balaban J connectivity index is 2.46. The molecular formula is C16H15FN2O2. The minimum absolute atomic E-state index is 0.0653. The van der Waals surface area contributed by atoms with Crippen LogP contribution in [-0.4, -0.2) is 7.11 Å². The smallest absolute Gasteiger partial charge is 0.169 e. The molecule has 0 fully saturated rings. The molecule has 0 radical (unpaired) electrons. The van der Waals surface area contributed by atoms with Crippen LogP contribution in [0, 0.1) is 17.1 Å². The number of hydrogen-bond acceptors (Lipinski definition) is 4. The zero-order valence-electron chi connectivity index (χ0n) is 11.8. The number of benzene rings is 2. The summed E-state index contributed by atoms with van der Waals surface area (Å²) in [5, 5.41) is 8.88. The largest absolute Gasteiger partial charge is 0.493 e. The van der Waals surface area contributed by atoms with Crippen LogP contribution in [-0.2, 0) is 0 Å². The van der Waals surface area contributed by atoms with E-state index in [9.17, 15) is 4.39 Å². The van der Waals surface area contributed by atoms with E-state index in [1.54, 1.807) is 31.2 Å². The van der Waals surface area contributed by atoms with Crippen LogP contribution >= 0.6 is 0 Å². The summed E-state index contributed by atoms with van der Waals surface area (Å²) < 4.78 is 24.8. The van der Waals surface area contributed by atoms with Gasteiger partial charge in [-0.2, -0.15) is 5.26 Å². The topological polar surface area (TPSA) is 68.3 Å². The maximum Gasteiger partial charge on any atom is 0.169 e. The van der Waals surface area contributed by atoms with Gasteiger partial charge in [0, 0.05) is 17.7 Å². The molecule has 1 unspecified atom stereocenters. The molecule has 21 heavy (non-hydrogen) atoms. The Morgan fingerprint density at radius 1 is 1.24 bits per heavy atom. The van der Waals surface area contributed by atoms with Gasteiger partial charge >= 0.3 is 0 Å². The number of nitrogens with zero attached hydrogens (tertiary/aromatic N) is 1. The van der Waals surface area contributed by atoms with E-state index in [-0.39, 0.29) is 11.8 Å². The maximum atomic E-state index is 14.0. The van der Waals surface area contributed by atoms with Crippen LogP contribution in [0.1, 0.15) is 24.1 Å². The Hall–Kier alpha value is -2.58. The minimum atomic E-state index is -0.504. The zero-order chi connectivity index (χ0) is 15.4. The monoisotopic (exact) mass is 286 g/mol. The van der Waals surface area contributed by atoms with Crippen LogP contribution in [0.2, 0.25) is 0 Å². The van der Waals surface area contributed by atoms with E-state index in [0.29, 0.717) is 22.6 Å². The highest BCUT2D eigenvalue weighted by Gasteiger charge is 2.16. The maximum absolute atomic E-state index is 14.0. The molecule has 2 aromatic rings.